The van der Waals surface area contributed by atoms with Gasteiger partial charge in [-0.2, -0.15) is 0 Å². The van der Waals surface area contributed by atoms with Gasteiger partial charge in [0.25, 0.3) is 0 Å². The molecule has 0 radical (unpaired) electrons. The zero-order valence-electron chi connectivity index (χ0n) is 9.96. The van der Waals surface area contributed by atoms with Gasteiger partial charge in [-0.25, -0.2) is 0 Å². The van der Waals surface area contributed by atoms with Crippen molar-refractivity contribution in [3.63, 3.8) is 0 Å². The molecule has 0 saturated heterocycles. The second-order valence-corrected chi connectivity index (χ2v) is 4.04. The fraction of sp³-hybridized carbons (Fsp3) is 0.364. The van der Waals surface area contributed by atoms with E-state index in [1.54, 1.807) is 10.9 Å². The minimum absolute atomic E-state index is 0.0217. The lowest BCUT2D eigenvalue weighted by atomic mass is 10.0. The molecule has 0 aliphatic carbocycles. The highest BCUT2D eigenvalue weighted by Gasteiger charge is 2.12. The summed E-state index contributed by atoms with van der Waals surface area (Å²) >= 11 is 0. The maximum absolute atomic E-state index is 5.58. The van der Waals surface area contributed by atoms with Crippen LogP contribution in [-0.4, -0.2) is 20.0 Å². The zero-order valence-corrected chi connectivity index (χ0v) is 9.96. The van der Waals surface area contributed by atoms with Gasteiger partial charge in [-0.15, -0.1) is 5.10 Å². The van der Waals surface area contributed by atoms with Crippen molar-refractivity contribution >= 4 is 0 Å². The number of hydrogen-bond donors (Lipinski definition) is 2. The molecular formula is C11H16N6. The monoisotopic (exact) mass is 232 g/mol. The summed E-state index contributed by atoms with van der Waals surface area (Å²) in [7, 11) is 1.85. The van der Waals surface area contributed by atoms with E-state index < -0.39 is 0 Å². The number of hydrogen-bond acceptors (Lipinski definition) is 5. The van der Waals surface area contributed by atoms with Crippen LogP contribution in [0.1, 0.15) is 23.0 Å². The Morgan fingerprint density at radius 1 is 1.53 bits per heavy atom. The molecule has 0 fully saturated rings. The number of nitrogens with two attached hydrogens (primary N) is 1. The maximum Gasteiger partial charge on any atom is 0.0846 e. The van der Waals surface area contributed by atoms with Gasteiger partial charge < -0.3 is 0 Å². The Morgan fingerprint density at radius 3 is 2.94 bits per heavy atom. The first-order valence-electron chi connectivity index (χ1n) is 5.43. The van der Waals surface area contributed by atoms with Crippen molar-refractivity contribution in [2.45, 2.75) is 19.4 Å². The van der Waals surface area contributed by atoms with Gasteiger partial charge in [0, 0.05) is 31.6 Å². The van der Waals surface area contributed by atoms with E-state index in [1.165, 1.54) is 0 Å². The molecule has 6 nitrogen and oxygen atoms in total. The first kappa shape index (κ1) is 11.7. The van der Waals surface area contributed by atoms with Crippen LogP contribution in [0.5, 0.6) is 0 Å². The Bertz CT molecular complexity index is 492. The Morgan fingerprint density at radius 2 is 2.35 bits per heavy atom. The molecular weight excluding hydrogens is 216 g/mol. The number of nitrogens with zero attached hydrogens (tertiary/aromatic N) is 4. The third-order valence-corrected chi connectivity index (χ3v) is 2.59. The smallest absolute Gasteiger partial charge is 0.0846 e. The highest BCUT2D eigenvalue weighted by Crippen LogP contribution is 2.16. The van der Waals surface area contributed by atoms with Crippen LogP contribution in [0.25, 0.3) is 0 Å². The van der Waals surface area contributed by atoms with Crippen molar-refractivity contribution in [3.05, 3.63) is 41.5 Å². The van der Waals surface area contributed by atoms with Gasteiger partial charge in [0.15, 0.2) is 0 Å². The largest absolute Gasteiger partial charge is 0.271 e. The van der Waals surface area contributed by atoms with E-state index >= 15 is 0 Å². The zero-order chi connectivity index (χ0) is 12.3. The van der Waals surface area contributed by atoms with Crippen LogP contribution in [0.3, 0.4) is 0 Å². The van der Waals surface area contributed by atoms with Gasteiger partial charge in [-0.1, -0.05) is 5.21 Å². The summed E-state index contributed by atoms with van der Waals surface area (Å²) in [6, 6.07) is 3.99. The number of aromatic nitrogens is 4. The minimum Gasteiger partial charge on any atom is -0.271 e. The standard InChI is InChI=1S/C11H16N6/c1-8-5-9(3-4-13-8)11(14-12)6-10-7-17(2)16-15-10/h3-5,7,11,14H,6,12H2,1-2H3. The van der Waals surface area contributed by atoms with Gasteiger partial charge in [0.2, 0.25) is 0 Å². The topological polar surface area (TPSA) is 81.7 Å². The number of aryl methyl sites for hydroxylation is 2. The summed E-state index contributed by atoms with van der Waals surface area (Å²) in [5.74, 6) is 5.58. The molecule has 90 valence electrons. The van der Waals surface area contributed by atoms with Crippen LogP contribution in [-0.2, 0) is 13.5 Å². The molecule has 2 rings (SSSR count). The van der Waals surface area contributed by atoms with Crippen molar-refractivity contribution < 1.29 is 0 Å². The fourth-order valence-corrected chi connectivity index (χ4v) is 1.76. The average Bonchev–Trinajstić information content (AvgIpc) is 2.72. The molecule has 0 bridgehead atoms. The molecule has 3 N–H and O–H groups in total. The molecule has 0 amide bonds. The maximum atomic E-state index is 5.58. The van der Waals surface area contributed by atoms with Crippen LogP contribution in [0.4, 0.5) is 0 Å². The number of nitrogens with one attached hydrogen (secondary N) is 1. The molecule has 2 heterocycles. The first-order chi connectivity index (χ1) is 8.19. The van der Waals surface area contributed by atoms with Crippen LogP contribution < -0.4 is 11.3 Å². The second kappa shape index (κ2) is 5.03. The lowest BCUT2D eigenvalue weighted by molar-refractivity contribution is 0.544. The van der Waals surface area contributed by atoms with Crippen molar-refractivity contribution in [1.29, 1.82) is 0 Å². The third-order valence-electron chi connectivity index (χ3n) is 2.59. The predicted octanol–water partition coefficient (Wildman–Crippen LogP) is 0.266. The highest BCUT2D eigenvalue weighted by molar-refractivity contribution is 5.20. The first-order valence-corrected chi connectivity index (χ1v) is 5.43. The van der Waals surface area contributed by atoms with E-state index in [4.69, 9.17) is 5.84 Å². The molecule has 0 aliphatic rings. The van der Waals surface area contributed by atoms with Crippen LogP contribution in [0, 0.1) is 6.92 Å². The van der Waals surface area contributed by atoms with E-state index in [1.807, 2.05) is 32.3 Å². The Kier molecular flexibility index (Phi) is 3.46. The normalized spacial score (nSPS) is 12.6. The summed E-state index contributed by atoms with van der Waals surface area (Å²) in [6.07, 6.45) is 4.37. The van der Waals surface area contributed by atoms with Crippen LogP contribution in [0.2, 0.25) is 0 Å². The molecule has 0 aliphatic heterocycles. The van der Waals surface area contributed by atoms with Crippen molar-refractivity contribution in [3.8, 4) is 0 Å². The predicted molar refractivity (Wildman–Crippen MR) is 63.7 cm³/mol. The van der Waals surface area contributed by atoms with Gasteiger partial charge in [0.1, 0.15) is 0 Å². The second-order valence-electron chi connectivity index (χ2n) is 4.04. The lowest BCUT2D eigenvalue weighted by Crippen LogP contribution is -2.29. The Labute approximate surface area is 99.8 Å². The van der Waals surface area contributed by atoms with Crippen LogP contribution in [0.15, 0.2) is 24.5 Å². The van der Waals surface area contributed by atoms with Crippen LogP contribution >= 0.6 is 0 Å². The van der Waals surface area contributed by atoms with E-state index in [0.717, 1.165) is 17.0 Å². The van der Waals surface area contributed by atoms with Gasteiger partial charge in [-0.3, -0.25) is 20.9 Å². The quantitative estimate of drug-likeness (QED) is 0.584. The van der Waals surface area contributed by atoms with Gasteiger partial charge in [-0.05, 0) is 24.6 Å². The summed E-state index contributed by atoms with van der Waals surface area (Å²) in [6.45, 7) is 1.96. The number of rotatable bonds is 4. The fourth-order valence-electron chi connectivity index (χ4n) is 1.76. The summed E-state index contributed by atoms with van der Waals surface area (Å²) in [5, 5.41) is 7.95. The average molecular weight is 232 g/mol. The highest BCUT2D eigenvalue weighted by atomic mass is 15.4. The molecule has 2 aromatic rings. The minimum atomic E-state index is 0.0217. The van der Waals surface area contributed by atoms with E-state index in [0.29, 0.717) is 6.42 Å². The number of pyridine rings is 1. The van der Waals surface area contributed by atoms with Crippen molar-refractivity contribution in [1.82, 2.24) is 25.4 Å². The third kappa shape index (κ3) is 2.86. The molecule has 0 spiro atoms. The molecule has 0 aromatic carbocycles. The number of hydrazine groups is 1. The SMILES string of the molecule is Cc1cc(C(Cc2cn(C)nn2)NN)ccn1. The summed E-state index contributed by atoms with van der Waals surface area (Å²) in [4.78, 5) is 4.17. The summed E-state index contributed by atoms with van der Waals surface area (Å²) < 4.78 is 1.68. The van der Waals surface area contributed by atoms with Crippen molar-refractivity contribution in [2.75, 3.05) is 0 Å². The van der Waals surface area contributed by atoms with E-state index in [-0.39, 0.29) is 6.04 Å². The molecule has 1 unspecified atom stereocenters. The van der Waals surface area contributed by atoms with E-state index in [2.05, 4.69) is 20.7 Å². The van der Waals surface area contributed by atoms with E-state index in [9.17, 15) is 0 Å². The van der Waals surface area contributed by atoms with Gasteiger partial charge >= 0.3 is 0 Å². The molecule has 1 atom stereocenters. The molecule has 0 saturated carbocycles. The Hall–Kier alpha value is -1.79. The molecule has 6 heteroatoms. The Balaban J connectivity index is 2.16. The van der Waals surface area contributed by atoms with Crippen molar-refractivity contribution in [2.24, 2.45) is 12.9 Å². The summed E-state index contributed by atoms with van der Waals surface area (Å²) in [5.41, 5.74) is 5.78. The van der Waals surface area contributed by atoms with Gasteiger partial charge in [0.05, 0.1) is 11.7 Å². The lowest BCUT2D eigenvalue weighted by Gasteiger charge is -2.14. The molecule has 2 aromatic heterocycles. The molecule has 17 heavy (non-hydrogen) atoms.